The Morgan fingerprint density at radius 1 is 1.09 bits per heavy atom. The highest BCUT2D eigenvalue weighted by Crippen LogP contribution is 2.23. The van der Waals surface area contributed by atoms with Crippen LogP contribution in [0, 0.1) is 20.8 Å². The van der Waals surface area contributed by atoms with Gasteiger partial charge in [-0.05, 0) is 74.2 Å². The topological polar surface area (TPSA) is 38.3 Å². The average molecular weight is 332 g/mol. The van der Waals surface area contributed by atoms with Crippen molar-refractivity contribution in [1.29, 1.82) is 0 Å². The van der Waals surface area contributed by atoms with E-state index in [-0.39, 0.29) is 5.91 Å². The molecule has 2 aromatic rings. The lowest BCUT2D eigenvalue weighted by Gasteiger charge is -2.18. The Morgan fingerprint density at radius 2 is 1.83 bits per heavy atom. The van der Waals surface area contributed by atoms with E-state index in [1.807, 2.05) is 52.0 Å². The van der Waals surface area contributed by atoms with Crippen molar-refractivity contribution >= 4 is 23.2 Å². The van der Waals surface area contributed by atoms with E-state index >= 15 is 0 Å². The molecule has 4 heteroatoms. The number of benzene rings is 2. The monoisotopic (exact) mass is 331 g/mol. The minimum Gasteiger partial charge on any atom is -0.481 e. The van der Waals surface area contributed by atoms with Crippen LogP contribution in [0.5, 0.6) is 5.75 Å². The fourth-order valence-corrected chi connectivity index (χ4v) is 2.34. The summed E-state index contributed by atoms with van der Waals surface area (Å²) in [5.41, 5.74) is 4.05. The molecule has 0 saturated carbocycles. The second kappa shape index (κ2) is 7.51. The molecule has 0 aliphatic rings. The van der Waals surface area contributed by atoms with E-state index in [9.17, 15) is 4.79 Å². The lowest BCUT2D eigenvalue weighted by atomic mass is 10.1. The molecule has 0 spiro atoms. The Hall–Kier alpha value is -2.00. The molecule has 0 aliphatic carbocycles. The van der Waals surface area contributed by atoms with Crippen molar-refractivity contribution < 1.29 is 9.53 Å². The Kier molecular flexibility index (Phi) is 5.67. The number of rotatable bonds is 5. The van der Waals surface area contributed by atoms with Gasteiger partial charge in [0.1, 0.15) is 5.75 Å². The molecule has 1 N–H and O–H groups in total. The molecular formula is C19H22ClNO2. The largest absolute Gasteiger partial charge is 0.481 e. The molecule has 122 valence electrons. The van der Waals surface area contributed by atoms with Gasteiger partial charge in [0.15, 0.2) is 6.10 Å². The van der Waals surface area contributed by atoms with Crippen LogP contribution in [0.25, 0.3) is 0 Å². The summed E-state index contributed by atoms with van der Waals surface area (Å²) in [6.45, 7) is 7.90. The summed E-state index contributed by atoms with van der Waals surface area (Å²) in [4.78, 5) is 12.4. The molecule has 0 aliphatic heterocycles. The molecule has 1 amide bonds. The molecule has 0 unspecified atom stereocenters. The van der Waals surface area contributed by atoms with Crippen LogP contribution in [0.3, 0.4) is 0 Å². The molecule has 2 rings (SSSR count). The van der Waals surface area contributed by atoms with Crippen molar-refractivity contribution in [3.05, 3.63) is 58.1 Å². The molecule has 0 aromatic heterocycles. The van der Waals surface area contributed by atoms with E-state index in [2.05, 4.69) is 5.32 Å². The highest BCUT2D eigenvalue weighted by Gasteiger charge is 2.19. The number of carbonyl (C=O) groups excluding carboxylic acids is 1. The summed E-state index contributed by atoms with van der Waals surface area (Å²) >= 11 is 6.01. The third-order valence-electron chi connectivity index (χ3n) is 3.85. The minimum absolute atomic E-state index is 0.150. The van der Waals surface area contributed by atoms with Crippen molar-refractivity contribution in [1.82, 2.24) is 0 Å². The number of hydrogen-bond acceptors (Lipinski definition) is 2. The predicted octanol–water partition coefficient (Wildman–Crippen LogP) is 5.06. The number of aryl methyl sites for hydroxylation is 3. The Morgan fingerprint density at radius 3 is 2.43 bits per heavy atom. The number of hydrogen-bond donors (Lipinski definition) is 1. The van der Waals surface area contributed by atoms with Crippen LogP contribution in [0.4, 0.5) is 5.69 Å². The van der Waals surface area contributed by atoms with Gasteiger partial charge in [-0.2, -0.15) is 0 Å². The molecule has 0 radical (unpaired) electrons. The van der Waals surface area contributed by atoms with Crippen LogP contribution < -0.4 is 10.1 Å². The van der Waals surface area contributed by atoms with Crippen molar-refractivity contribution in [2.24, 2.45) is 0 Å². The van der Waals surface area contributed by atoms with Crippen molar-refractivity contribution in [2.75, 3.05) is 5.32 Å². The first-order valence-electron chi connectivity index (χ1n) is 7.71. The second-order valence-electron chi connectivity index (χ2n) is 5.71. The zero-order chi connectivity index (χ0) is 17.0. The molecule has 0 bridgehead atoms. The maximum atomic E-state index is 12.4. The molecular weight excluding hydrogens is 310 g/mol. The fourth-order valence-electron chi connectivity index (χ4n) is 2.22. The number of carbonyl (C=O) groups is 1. The van der Waals surface area contributed by atoms with Gasteiger partial charge in [-0.25, -0.2) is 0 Å². The van der Waals surface area contributed by atoms with Gasteiger partial charge in [-0.3, -0.25) is 4.79 Å². The highest BCUT2D eigenvalue weighted by molar-refractivity contribution is 6.31. The van der Waals surface area contributed by atoms with Crippen LogP contribution in [-0.4, -0.2) is 12.0 Å². The summed E-state index contributed by atoms with van der Waals surface area (Å²) in [5.74, 6) is 0.498. The van der Waals surface area contributed by atoms with Gasteiger partial charge in [-0.1, -0.05) is 24.6 Å². The first kappa shape index (κ1) is 17.4. The lowest BCUT2D eigenvalue weighted by molar-refractivity contribution is -0.122. The molecule has 3 nitrogen and oxygen atoms in total. The lowest BCUT2D eigenvalue weighted by Crippen LogP contribution is -2.32. The average Bonchev–Trinajstić information content (AvgIpc) is 2.52. The summed E-state index contributed by atoms with van der Waals surface area (Å²) < 4.78 is 5.82. The van der Waals surface area contributed by atoms with Gasteiger partial charge in [-0.15, -0.1) is 0 Å². The van der Waals surface area contributed by atoms with Crippen LogP contribution in [0.15, 0.2) is 36.4 Å². The quantitative estimate of drug-likeness (QED) is 0.831. The Bertz CT molecular complexity index is 713. The van der Waals surface area contributed by atoms with E-state index in [1.165, 1.54) is 5.56 Å². The van der Waals surface area contributed by atoms with Gasteiger partial charge in [0, 0.05) is 10.7 Å². The van der Waals surface area contributed by atoms with E-state index in [0.717, 1.165) is 16.8 Å². The molecule has 2 aromatic carbocycles. The highest BCUT2D eigenvalue weighted by atomic mass is 35.5. The Balaban J connectivity index is 2.08. The van der Waals surface area contributed by atoms with Gasteiger partial charge in [0.05, 0.1) is 0 Å². The first-order chi connectivity index (χ1) is 10.9. The zero-order valence-electron chi connectivity index (χ0n) is 13.9. The summed E-state index contributed by atoms with van der Waals surface area (Å²) in [7, 11) is 0. The molecule has 1 atom stereocenters. The predicted molar refractivity (Wildman–Crippen MR) is 95.4 cm³/mol. The van der Waals surface area contributed by atoms with Gasteiger partial charge < -0.3 is 10.1 Å². The standard InChI is InChI=1S/C19H22ClNO2/c1-5-18(23-16-8-9-17(20)14(4)11-16)19(22)21-15-7-6-12(2)13(3)10-15/h6-11,18H,5H2,1-4H3,(H,21,22)/t18-/m0/s1. The normalized spacial score (nSPS) is 11.9. The van der Waals surface area contributed by atoms with E-state index in [0.29, 0.717) is 17.2 Å². The van der Waals surface area contributed by atoms with Crippen LogP contribution in [-0.2, 0) is 4.79 Å². The van der Waals surface area contributed by atoms with Gasteiger partial charge >= 0.3 is 0 Å². The number of ether oxygens (including phenoxy) is 1. The fraction of sp³-hybridized carbons (Fsp3) is 0.316. The van der Waals surface area contributed by atoms with Crippen molar-refractivity contribution in [3.8, 4) is 5.75 Å². The molecule has 0 saturated heterocycles. The van der Waals surface area contributed by atoms with E-state index in [4.69, 9.17) is 16.3 Å². The molecule has 0 heterocycles. The van der Waals surface area contributed by atoms with Crippen LogP contribution in [0.1, 0.15) is 30.0 Å². The summed E-state index contributed by atoms with van der Waals surface area (Å²) in [6.07, 6.45) is 0.0374. The van der Waals surface area contributed by atoms with Gasteiger partial charge in [0.25, 0.3) is 5.91 Å². The van der Waals surface area contributed by atoms with E-state index in [1.54, 1.807) is 12.1 Å². The third kappa shape index (κ3) is 4.49. The van der Waals surface area contributed by atoms with Crippen LogP contribution in [0.2, 0.25) is 5.02 Å². The smallest absolute Gasteiger partial charge is 0.265 e. The second-order valence-corrected chi connectivity index (χ2v) is 6.12. The Labute approximate surface area is 142 Å². The number of anilines is 1. The van der Waals surface area contributed by atoms with Crippen molar-refractivity contribution in [2.45, 2.75) is 40.2 Å². The molecule has 23 heavy (non-hydrogen) atoms. The SMILES string of the molecule is CC[C@H](Oc1ccc(Cl)c(C)c1)C(=O)Nc1ccc(C)c(C)c1. The molecule has 0 fully saturated rings. The number of halogens is 1. The summed E-state index contributed by atoms with van der Waals surface area (Å²) in [5, 5.41) is 3.60. The van der Waals surface area contributed by atoms with Crippen molar-refractivity contribution in [3.63, 3.8) is 0 Å². The first-order valence-corrected chi connectivity index (χ1v) is 8.09. The maximum Gasteiger partial charge on any atom is 0.265 e. The third-order valence-corrected chi connectivity index (χ3v) is 4.27. The number of amides is 1. The van der Waals surface area contributed by atoms with Gasteiger partial charge in [0.2, 0.25) is 0 Å². The minimum atomic E-state index is -0.544. The van der Waals surface area contributed by atoms with Crippen LogP contribution >= 0.6 is 11.6 Å². The van der Waals surface area contributed by atoms with E-state index < -0.39 is 6.10 Å². The summed E-state index contributed by atoms with van der Waals surface area (Å²) in [6, 6.07) is 11.3. The maximum absolute atomic E-state index is 12.4. The number of nitrogens with one attached hydrogen (secondary N) is 1. The zero-order valence-corrected chi connectivity index (χ0v) is 14.7.